The van der Waals surface area contributed by atoms with Crippen LogP contribution in [0.1, 0.15) is 15.9 Å². The van der Waals surface area contributed by atoms with Crippen molar-refractivity contribution in [2.45, 2.75) is 10.6 Å². The highest BCUT2D eigenvalue weighted by Crippen LogP contribution is 2.35. The van der Waals surface area contributed by atoms with E-state index in [0.717, 1.165) is 21.7 Å². The molecule has 0 saturated heterocycles. The first-order valence-electron chi connectivity index (χ1n) is 8.83. The summed E-state index contributed by atoms with van der Waals surface area (Å²) < 4.78 is 0. The van der Waals surface area contributed by atoms with Crippen molar-refractivity contribution in [2.24, 2.45) is 10.2 Å². The Morgan fingerprint density at radius 2 is 1.72 bits per heavy atom. The summed E-state index contributed by atoms with van der Waals surface area (Å²) >= 11 is 7.59. The number of nitrogens with one attached hydrogen (secondary N) is 1. The molecule has 1 aromatic heterocycles. The van der Waals surface area contributed by atoms with Crippen LogP contribution in [-0.4, -0.2) is 16.0 Å². The summed E-state index contributed by atoms with van der Waals surface area (Å²) in [6.45, 7) is 0. The number of thioether (sulfide) groups is 1. The van der Waals surface area contributed by atoms with Gasteiger partial charge in [-0.2, -0.15) is 0 Å². The molecule has 0 fully saturated rings. The number of rotatable bonds is 5. The number of amides is 1. The summed E-state index contributed by atoms with van der Waals surface area (Å²) in [6.07, 6.45) is 0. The molecule has 0 atom stereocenters. The van der Waals surface area contributed by atoms with Gasteiger partial charge in [-0.1, -0.05) is 41.9 Å². The normalized spacial score (nSPS) is 11.3. The molecule has 0 spiro atoms. The standard InChI is InChI=1S/C22H16ClN3O2S/c23-16-9-11-17(12-10-16)29-13-14-5-7-15(8-6-14)21(27)26-25-20-18-3-1-2-4-19(18)24-22(20)28/h1-12,24,28H,13H2. The number of hydrogen-bond acceptors (Lipinski definition) is 4. The minimum absolute atomic E-state index is 0.114. The largest absolute Gasteiger partial charge is 0.493 e. The van der Waals surface area contributed by atoms with Crippen LogP contribution in [0.4, 0.5) is 5.69 Å². The molecule has 0 bridgehead atoms. The second-order valence-corrected chi connectivity index (χ2v) is 7.80. The third-order valence-corrected chi connectivity index (χ3v) is 5.66. The van der Waals surface area contributed by atoms with Gasteiger partial charge in [0.15, 0.2) is 5.69 Å². The predicted molar refractivity (Wildman–Crippen MR) is 116 cm³/mol. The second kappa shape index (κ2) is 8.51. The molecule has 0 unspecified atom stereocenters. The summed E-state index contributed by atoms with van der Waals surface area (Å²) in [5, 5.41) is 19.1. The Hall–Kier alpha value is -3.09. The molecule has 0 aliphatic carbocycles. The molecule has 5 nitrogen and oxygen atoms in total. The van der Waals surface area contributed by atoms with Gasteiger partial charge in [0.05, 0.1) is 5.52 Å². The first-order chi connectivity index (χ1) is 14.1. The maximum atomic E-state index is 12.3. The molecule has 3 aromatic carbocycles. The van der Waals surface area contributed by atoms with Crippen LogP contribution < -0.4 is 0 Å². The fraction of sp³-hybridized carbons (Fsp3) is 0.0455. The van der Waals surface area contributed by atoms with Crippen LogP contribution >= 0.6 is 23.4 Å². The van der Waals surface area contributed by atoms with Crippen molar-refractivity contribution in [3.63, 3.8) is 0 Å². The zero-order chi connectivity index (χ0) is 20.2. The van der Waals surface area contributed by atoms with Crippen molar-refractivity contribution in [3.8, 4) is 5.88 Å². The number of carbonyl (C=O) groups excluding carboxylic acids is 1. The lowest BCUT2D eigenvalue weighted by Gasteiger charge is -2.03. The van der Waals surface area contributed by atoms with Gasteiger partial charge < -0.3 is 10.1 Å². The molecule has 144 valence electrons. The molecule has 1 amide bonds. The van der Waals surface area contributed by atoms with Gasteiger partial charge in [-0.05, 0) is 48.0 Å². The monoisotopic (exact) mass is 421 g/mol. The topological polar surface area (TPSA) is 77.8 Å². The Kier molecular flexibility index (Phi) is 5.64. The van der Waals surface area contributed by atoms with Crippen LogP contribution in [0.3, 0.4) is 0 Å². The van der Waals surface area contributed by atoms with E-state index in [-0.39, 0.29) is 11.6 Å². The van der Waals surface area contributed by atoms with Gasteiger partial charge in [0.2, 0.25) is 5.88 Å². The third-order valence-electron chi connectivity index (χ3n) is 4.32. The first kappa shape index (κ1) is 19.2. The highest BCUT2D eigenvalue weighted by atomic mass is 35.5. The highest BCUT2D eigenvalue weighted by Gasteiger charge is 2.11. The smallest absolute Gasteiger partial charge is 0.295 e. The fourth-order valence-electron chi connectivity index (χ4n) is 2.81. The van der Waals surface area contributed by atoms with Crippen molar-refractivity contribution in [1.29, 1.82) is 0 Å². The molecule has 2 N–H and O–H groups in total. The minimum atomic E-state index is -0.466. The van der Waals surface area contributed by atoms with Crippen molar-refractivity contribution in [3.05, 3.63) is 88.9 Å². The van der Waals surface area contributed by atoms with Crippen LogP contribution in [0.25, 0.3) is 10.9 Å². The average molecular weight is 422 g/mol. The van der Waals surface area contributed by atoms with Gasteiger partial charge in [-0.15, -0.1) is 22.0 Å². The highest BCUT2D eigenvalue weighted by molar-refractivity contribution is 7.98. The summed E-state index contributed by atoms with van der Waals surface area (Å²) in [7, 11) is 0. The number of nitrogens with zero attached hydrogens (tertiary/aromatic N) is 2. The van der Waals surface area contributed by atoms with Crippen molar-refractivity contribution < 1.29 is 9.90 Å². The van der Waals surface area contributed by atoms with E-state index in [4.69, 9.17) is 11.6 Å². The van der Waals surface area contributed by atoms with E-state index in [1.807, 2.05) is 54.6 Å². The number of azo groups is 1. The molecule has 0 aliphatic heterocycles. The number of halogens is 1. The van der Waals surface area contributed by atoms with Gasteiger partial charge >= 0.3 is 0 Å². The maximum Gasteiger partial charge on any atom is 0.295 e. The van der Waals surface area contributed by atoms with E-state index in [2.05, 4.69) is 15.2 Å². The van der Waals surface area contributed by atoms with E-state index >= 15 is 0 Å². The van der Waals surface area contributed by atoms with Crippen molar-refractivity contribution in [1.82, 2.24) is 4.98 Å². The molecule has 4 aromatic rings. The third kappa shape index (κ3) is 4.50. The quantitative estimate of drug-likeness (QED) is 0.276. The van der Waals surface area contributed by atoms with E-state index < -0.39 is 5.91 Å². The van der Waals surface area contributed by atoms with Crippen LogP contribution in [0.15, 0.2) is 87.9 Å². The average Bonchev–Trinajstić information content (AvgIpc) is 3.07. The lowest BCUT2D eigenvalue weighted by atomic mass is 10.1. The molecule has 0 saturated carbocycles. The summed E-state index contributed by atoms with van der Waals surface area (Å²) in [6, 6.07) is 22.2. The Labute approximate surface area is 176 Å². The minimum Gasteiger partial charge on any atom is -0.493 e. The van der Waals surface area contributed by atoms with Gasteiger partial charge in [0, 0.05) is 26.6 Å². The van der Waals surface area contributed by atoms with E-state index in [1.54, 1.807) is 30.0 Å². The fourth-order valence-corrected chi connectivity index (χ4v) is 3.79. The summed E-state index contributed by atoms with van der Waals surface area (Å²) in [5.74, 6) is 0.199. The lowest BCUT2D eigenvalue weighted by Crippen LogP contribution is -1.94. The number of hydrogen-bond donors (Lipinski definition) is 2. The Morgan fingerprint density at radius 3 is 2.48 bits per heavy atom. The van der Waals surface area contributed by atoms with Crippen LogP contribution in [0, 0.1) is 0 Å². The zero-order valence-corrected chi connectivity index (χ0v) is 16.7. The first-order valence-corrected chi connectivity index (χ1v) is 10.2. The second-order valence-electron chi connectivity index (χ2n) is 6.31. The number of para-hydroxylation sites is 1. The number of H-pyrrole nitrogens is 1. The molecule has 4 rings (SSSR count). The maximum absolute atomic E-state index is 12.3. The van der Waals surface area contributed by atoms with Crippen LogP contribution in [-0.2, 0) is 5.75 Å². The number of fused-ring (bicyclic) bond motifs is 1. The van der Waals surface area contributed by atoms with E-state index in [9.17, 15) is 9.90 Å². The van der Waals surface area contributed by atoms with Crippen molar-refractivity contribution in [2.75, 3.05) is 0 Å². The molecular formula is C22H16ClN3O2S. The van der Waals surface area contributed by atoms with E-state index in [0.29, 0.717) is 16.0 Å². The van der Waals surface area contributed by atoms with Crippen LogP contribution in [0.2, 0.25) is 5.02 Å². The molecule has 7 heteroatoms. The number of carbonyl (C=O) groups is 1. The van der Waals surface area contributed by atoms with Crippen molar-refractivity contribution >= 4 is 45.9 Å². The number of benzene rings is 3. The van der Waals surface area contributed by atoms with Gasteiger partial charge in [-0.3, -0.25) is 4.79 Å². The van der Waals surface area contributed by atoms with Gasteiger partial charge in [-0.25, -0.2) is 0 Å². The summed E-state index contributed by atoms with van der Waals surface area (Å²) in [4.78, 5) is 16.3. The molecule has 1 heterocycles. The van der Waals surface area contributed by atoms with Gasteiger partial charge in [0.1, 0.15) is 0 Å². The van der Waals surface area contributed by atoms with E-state index in [1.165, 1.54) is 0 Å². The summed E-state index contributed by atoms with van der Waals surface area (Å²) in [5.41, 5.74) is 2.51. The number of aromatic hydroxyl groups is 1. The predicted octanol–water partition coefficient (Wildman–Crippen LogP) is 6.74. The Bertz CT molecular complexity index is 1190. The molecule has 29 heavy (non-hydrogen) atoms. The van der Waals surface area contributed by atoms with Crippen LogP contribution in [0.5, 0.6) is 5.88 Å². The molecular weight excluding hydrogens is 406 g/mol. The molecule has 0 radical (unpaired) electrons. The Morgan fingerprint density at radius 1 is 1.00 bits per heavy atom. The number of aromatic nitrogens is 1. The number of aromatic amines is 1. The zero-order valence-electron chi connectivity index (χ0n) is 15.2. The van der Waals surface area contributed by atoms with Gasteiger partial charge in [0.25, 0.3) is 5.91 Å². The Balaban J connectivity index is 1.43. The molecule has 0 aliphatic rings. The SMILES string of the molecule is O=C(N=Nc1c(O)[nH]c2ccccc12)c1ccc(CSc2ccc(Cl)cc2)cc1. The lowest BCUT2D eigenvalue weighted by molar-refractivity contribution is 0.0995.